The van der Waals surface area contributed by atoms with Crippen molar-refractivity contribution in [1.82, 2.24) is 10.3 Å². The van der Waals surface area contributed by atoms with Gasteiger partial charge in [0.1, 0.15) is 11.6 Å². The van der Waals surface area contributed by atoms with Gasteiger partial charge in [0.15, 0.2) is 0 Å². The molecule has 1 aromatic carbocycles. The van der Waals surface area contributed by atoms with E-state index in [9.17, 15) is 19.5 Å². The van der Waals surface area contributed by atoms with E-state index in [4.69, 9.17) is 0 Å². The summed E-state index contributed by atoms with van der Waals surface area (Å²) >= 11 is 0. The number of fused-ring (bicyclic) bond motifs is 1. The van der Waals surface area contributed by atoms with E-state index in [1.807, 2.05) is 18.2 Å². The van der Waals surface area contributed by atoms with Crippen LogP contribution >= 0.6 is 0 Å². The minimum absolute atomic E-state index is 0.0232. The number of pyridine rings is 1. The first-order valence-electron chi connectivity index (χ1n) is 8.87. The highest BCUT2D eigenvalue weighted by molar-refractivity contribution is 5.96. The number of H-pyrrole nitrogens is 1. The zero-order valence-electron chi connectivity index (χ0n) is 14.5. The Morgan fingerprint density at radius 2 is 1.85 bits per heavy atom. The summed E-state index contributed by atoms with van der Waals surface area (Å²) in [6.45, 7) is 0. The topological polar surface area (TPSA) is 99.3 Å². The Morgan fingerprint density at radius 3 is 2.58 bits per heavy atom. The van der Waals surface area contributed by atoms with Gasteiger partial charge in [-0.1, -0.05) is 36.8 Å². The Kier molecular flexibility index (Phi) is 5.51. The number of carbonyl (C=O) groups is 2. The van der Waals surface area contributed by atoms with E-state index in [0.717, 1.165) is 48.9 Å². The van der Waals surface area contributed by atoms with Gasteiger partial charge in [-0.2, -0.15) is 0 Å². The van der Waals surface area contributed by atoms with E-state index >= 15 is 0 Å². The highest BCUT2D eigenvalue weighted by Gasteiger charge is 2.23. The van der Waals surface area contributed by atoms with E-state index in [0.29, 0.717) is 0 Å². The van der Waals surface area contributed by atoms with Gasteiger partial charge in [0.05, 0.1) is 0 Å². The number of carboxylic acids is 1. The first kappa shape index (κ1) is 17.9. The van der Waals surface area contributed by atoms with Crippen LogP contribution in [0.5, 0.6) is 0 Å². The molecule has 0 bridgehead atoms. The second-order valence-electron chi connectivity index (χ2n) is 6.63. The number of aliphatic carboxylic acids is 1. The maximum Gasteiger partial charge on any atom is 0.326 e. The quantitative estimate of drug-likeness (QED) is 0.716. The van der Waals surface area contributed by atoms with Gasteiger partial charge >= 0.3 is 5.97 Å². The van der Waals surface area contributed by atoms with Crippen molar-refractivity contribution in [2.24, 2.45) is 0 Å². The fourth-order valence-electron chi connectivity index (χ4n) is 3.31. The lowest BCUT2D eigenvalue weighted by Gasteiger charge is -2.15. The molecular formula is C20H22N2O4. The van der Waals surface area contributed by atoms with Crippen LogP contribution in [-0.2, 0) is 24.1 Å². The van der Waals surface area contributed by atoms with Gasteiger partial charge in [-0.3, -0.25) is 9.59 Å². The zero-order valence-corrected chi connectivity index (χ0v) is 14.5. The number of amides is 1. The van der Waals surface area contributed by atoms with Crippen molar-refractivity contribution < 1.29 is 14.7 Å². The third-order valence-electron chi connectivity index (χ3n) is 4.72. The van der Waals surface area contributed by atoms with Crippen LogP contribution < -0.4 is 10.9 Å². The van der Waals surface area contributed by atoms with Gasteiger partial charge in [-0.25, -0.2) is 4.79 Å². The van der Waals surface area contributed by atoms with E-state index < -0.39 is 23.5 Å². The Labute approximate surface area is 151 Å². The molecule has 3 rings (SSSR count). The molecule has 0 spiro atoms. The number of aryl methyl sites for hydroxylation is 2. The van der Waals surface area contributed by atoms with Crippen LogP contribution in [0.3, 0.4) is 0 Å². The van der Waals surface area contributed by atoms with Crippen molar-refractivity contribution in [3.63, 3.8) is 0 Å². The van der Waals surface area contributed by atoms with Crippen LogP contribution in [0.15, 0.2) is 41.2 Å². The molecule has 26 heavy (non-hydrogen) atoms. The monoisotopic (exact) mass is 354 g/mol. The second-order valence-corrected chi connectivity index (χ2v) is 6.63. The highest BCUT2D eigenvalue weighted by Crippen LogP contribution is 2.18. The fraction of sp³-hybridized carbons (Fsp3) is 0.350. The second kappa shape index (κ2) is 7.99. The first-order valence-corrected chi connectivity index (χ1v) is 8.87. The van der Waals surface area contributed by atoms with Gasteiger partial charge < -0.3 is 15.4 Å². The van der Waals surface area contributed by atoms with Crippen LogP contribution in [0.25, 0.3) is 0 Å². The number of carboxylic acid groups (broad SMARTS) is 1. The summed E-state index contributed by atoms with van der Waals surface area (Å²) < 4.78 is 0. The lowest BCUT2D eigenvalue weighted by molar-refractivity contribution is -0.139. The molecule has 6 heteroatoms. The van der Waals surface area contributed by atoms with Gasteiger partial charge in [0.25, 0.3) is 11.5 Å². The average molecular weight is 354 g/mol. The lowest BCUT2D eigenvalue weighted by Crippen LogP contribution is -2.44. The van der Waals surface area contributed by atoms with Crippen LogP contribution in [0.1, 0.15) is 46.4 Å². The predicted octanol–water partition coefficient (Wildman–Crippen LogP) is 2.07. The van der Waals surface area contributed by atoms with Crippen LogP contribution in [0.4, 0.5) is 0 Å². The Bertz CT molecular complexity index is 858. The van der Waals surface area contributed by atoms with Crippen molar-refractivity contribution >= 4 is 11.9 Å². The molecule has 0 saturated carbocycles. The predicted molar refractivity (Wildman–Crippen MR) is 97.4 cm³/mol. The largest absolute Gasteiger partial charge is 0.480 e. The Morgan fingerprint density at radius 1 is 1.12 bits per heavy atom. The number of hydrogen-bond acceptors (Lipinski definition) is 3. The molecule has 0 fully saturated rings. The van der Waals surface area contributed by atoms with E-state index in [1.54, 1.807) is 18.2 Å². The van der Waals surface area contributed by atoms with Crippen LogP contribution in [0.2, 0.25) is 0 Å². The summed E-state index contributed by atoms with van der Waals surface area (Å²) in [6.07, 6.45) is 4.91. The van der Waals surface area contributed by atoms with E-state index in [2.05, 4.69) is 10.3 Å². The highest BCUT2D eigenvalue weighted by atomic mass is 16.4. The number of hydrogen-bond donors (Lipinski definition) is 3. The molecule has 0 radical (unpaired) electrons. The molecule has 2 aromatic rings. The zero-order chi connectivity index (χ0) is 18.5. The summed E-state index contributed by atoms with van der Waals surface area (Å²) in [6, 6.07) is 9.60. The average Bonchev–Trinajstić information content (AvgIpc) is 2.86. The maximum atomic E-state index is 12.5. The van der Waals surface area contributed by atoms with Crippen LogP contribution in [0, 0.1) is 0 Å². The molecule has 0 unspecified atom stereocenters. The summed E-state index contributed by atoms with van der Waals surface area (Å²) in [4.78, 5) is 39.2. The van der Waals surface area contributed by atoms with Gasteiger partial charge in [-0.05, 0) is 42.9 Å². The molecule has 1 aliphatic rings. The lowest BCUT2D eigenvalue weighted by atomic mass is 10.0. The van der Waals surface area contributed by atoms with Crippen LogP contribution in [-0.4, -0.2) is 28.0 Å². The molecule has 1 heterocycles. The molecule has 1 amide bonds. The Balaban J connectivity index is 1.80. The smallest absolute Gasteiger partial charge is 0.326 e. The standard InChI is InChI=1S/C20H22N2O4/c23-18-15(12-14-9-5-2-6-10-16(14)21-18)19(24)22-17(20(25)26)11-13-7-3-1-4-8-13/h1,3-4,7-8,12,17H,2,5-6,9-11H2,(H,21,23)(H,22,24)(H,25,26)/t17-/m1/s1. The fourth-order valence-corrected chi connectivity index (χ4v) is 3.31. The number of nitrogens with one attached hydrogen (secondary N) is 2. The molecule has 3 N–H and O–H groups in total. The maximum absolute atomic E-state index is 12.5. The number of benzene rings is 1. The summed E-state index contributed by atoms with van der Waals surface area (Å²) in [5, 5.41) is 11.9. The Hall–Kier alpha value is -2.89. The molecule has 1 atom stereocenters. The van der Waals surface area contributed by atoms with E-state index in [-0.39, 0.29) is 12.0 Å². The summed E-state index contributed by atoms with van der Waals surface area (Å²) in [5.74, 6) is -1.78. The van der Waals surface area contributed by atoms with Crippen molar-refractivity contribution in [3.05, 3.63) is 69.1 Å². The molecule has 136 valence electrons. The third-order valence-corrected chi connectivity index (χ3v) is 4.72. The minimum Gasteiger partial charge on any atom is -0.480 e. The molecule has 6 nitrogen and oxygen atoms in total. The number of aromatic amines is 1. The minimum atomic E-state index is -1.13. The molecule has 1 aromatic heterocycles. The third kappa shape index (κ3) is 4.20. The summed E-state index contributed by atoms with van der Waals surface area (Å²) in [5.41, 5.74) is 2.18. The van der Waals surface area contributed by atoms with Gasteiger partial charge in [-0.15, -0.1) is 0 Å². The number of aromatic nitrogens is 1. The van der Waals surface area contributed by atoms with Crippen molar-refractivity contribution in [2.75, 3.05) is 0 Å². The summed E-state index contributed by atoms with van der Waals surface area (Å²) in [7, 11) is 0. The van der Waals surface area contributed by atoms with E-state index in [1.165, 1.54) is 0 Å². The molecule has 0 saturated heterocycles. The van der Waals surface area contributed by atoms with Crippen molar-refractivity contribution in [2.45, 2.75) is 44.6 Å². The SMILES string of the molecule is O=C(N[C@H](Cc1ccccc1)C(=O)O)c1cc2c([nH]c1=O)CCCCC2. The van der Waals surface area contributed by atoms with Gasteiger partial charge in [0, 0.05) is 12.1 Å². The molecular weight excluding hydrogens is 332 g/mol. The number of carbonyl (C=O) groups excluding carboxylic acids is 1. The number of rotatable bonds is 5. The normalized spacial score (nSPS) is 14.8. The molecule has 0 aliphatic heterocycles. The van der Waals surface area contributed by atoms with Gasteiger partial charge in [0.2, 0.25) is 0 Å². The van der Waals surface area contributed by atoms with Crippen molar-refractivity contribution in [3.8, 4) is 0 Å². The first-order chi connectivity index (χ1) is 12.5. The van der Waals surface area contributed by atoms with Crippen molar-refractivity contribution in [1.29, 1.82) is 0 Å². The molecule has 1 aliphatic carbocycles.